The van der Waals surface area contributed by atoms with Gasteiger partial charge in [0.1, 0.15) is 0 Å². The summed E-state index contributed by atoms with van der Waals surface area (Å²) >= 11 is 1.67. The van der Waals surface area contributed by atoms with Gasteiger partial charge in [0, 0.05) is 54.8 Å². The molecule has 2 aliphatic heterocycles. The van der Waals surface area contributed by atoms with Crippen molar-refractivity contribution >= 4 is 17.4 Å². The number of nitrogens with zero attached hydrogens (tertiary/aromatic N) is 2. The van der Waals surface area contributed by atoms with Crippen LogP contribution in [0.2, 0.25) is 0 Å². The summed E-state index contributed by atoms with van der Waals surface area (Å²) in [6.07, 6.45) is 2.16. The van der Waals surface area contributed by atoms with Crippen LogP contribution in [0, 0.1) is 18.3 Å². The first kappa shape index (κ1) is 17.7. The Morgan fingerprint density at radius 3 is 2.75 bits per heavy atom. The molecule has 0 bridgehead atoms. The molecule has 1 aromatic rings. The van der Waals surface area contributed by atoms with Crippen molar-refractivity contribution in [3.63, 3.8) is 0 Å². The third kappa shape index (κ3) is 3.31. The van der Waals surface area contributed by atoms with Gasteiger partial charge in [0.05, 0.1) is 5.01 Å². The Bertz CT molecular complexity index is 581. The minimum absolute atomic E-state index is 0.0749. The van der Waals surface area contributed by atoms with Crippen molar-refractivity contribution in [3.05, 3.63) is 16.1 Å². The van der Waals surface area contributed by atoms with Gasteiger partial charge in [-0.3, -0.25) is 0 Å². The highest BCUT2D eigenvalue weighted by Crippen LogP contribution is 2.48. The topological polar surface area (TPSA) is 54.5 Å². The summed E-state index contributed by atoms with van der Waals surface area (Å²) in [4.78, 5) is 19.2. The number of carbonyl (C=O) groups is 1. The molecular weight excluding hydrogens is 322 g/mol. The summed E-state index contributed by atoms with van der Waals surface area (Å²) in [5.74, 6) is 0.727. The predicted octanol–water partition coefficient (Wildman–Crippen LogP) is 3.40. The average Bonchev–Trinajstić information content (AvgIpc) is 2.97. The second-order valence-electron chi connectivity index (χ2n) is 7.71. The van der Waals surface area contributed by atoms with Gasteiger partial charge in [-0.25, -0.2) is 9.78 Å². The SMILES string of the molecule is Cc1csc(C(C)CNC(=O)N2CC3(CCOCC3)C2C(C)C)n1. The molecule has 3 heterocycles. The lowest BCUT2D eigenvalue weighted by molar-refractivity contribution is -0.124. The summed E-state index contributed by atoms with van der Waals surface area (Å²) < 4.78 is 5.53. The third-order valence-corrected chi connectivity index (χ3v) is 6.64. The van der Waals surface area contributed by atoms with E-state index in [0.717, 1.165) is 43.3 Å². The number of carbonyl (C=O) groups excluding carboxylic acids is 1. The third-order valence-electron chi connectivity index (χ3n) is 5.45. The number of hydrogen-bond acceptors (Lipinski definition) is 4. The molecular formula is C18H29N3O2S. The van der Waals surface area contributed by atoms with Crippen molar-refractivity contribution in [1.82, 2.24) is 15.2 Å². The van der Waals surface area contributed by atoms with Gasteiger partial charge in [0.2, 0.25) is 0 Å². The smallest absolute Gasteiger partial charge is 0.317 e. The Morgan fingerprint density at radius 2 is 2.17 bits per heavy atom. The second-order valence-corrected chi connectivity index (χ2v) is 8.60. The van der Waals surface area contributed by atoms with Crippen LogP contribution >= 0.6 is 11.3 Å². The summed E-state index contributed by atoms with van der Waals surface area (Å²) in [5, 5.41) is 6.28. The van der Waals surface area contributed by atoms with Crippen LogP contribution in [-0.2, 0) is 4.74 Å². The van der Waals surface area contributed by atoms with Gasteiger partial charge in [0.25, 0.3) is 0 Å². The van der Waals surface area contributed by atoms with Crippen LogP contribution < -0.4 is 5.32 Å². The number of aryl methyl sites for hydroxylation is 1. The number of hydrogen-bond donors (Lipinski definition) is 1. The molecule has 3 rings (SSSR count). The van der Waals surface area contributed by atoms with Crippen molar-refractivity contribution in [2.24, 2.45) is 11.3 Å². The van der Waals surface area contributed by atoms with E-state index in [9.17, 15) is 4.79 Å². The zero-order valence-electron chi connectivity index (χ0n) is 15.2. The molecule has 2 saturated heterocycles. The molecule has 6 heteroatoms. The van der Waals surface area contributed by atoms with E-state index in [-0.39, 0.29) is 17.4 Å². The molecule has 2 fully saturated rings. The number of thiazole rings is 1. The van der Waals surface area contributed by atoms with E-state index in [0.29, 0.717) is 18.5 Å². The number of likely N-dealkylation sites (tertiary alicyclic amines) is 1. The first-order valence-electron chi connectivity index (χ1n) is 8.97. The quantitative estimate of drug-likeness (QED) is 0.904. The maximum atomic E-state index is 12.7. The zero-order valence-corrected chi connectivity index (χ0v) is 16.0. The molecule has 0 aromatic carbocycles. The van der Waals surface area contributed by atoms with Gasteiger partial charge in [-0.15, -0.1) is 11.3 Å². The Morgan fingerprint density at radius 1 is 1.46 bits per heavy atom. The molecule has 24 heavy (non-hydrogen) atoms. The van der Waals surface area contributed by atoms with Crippen molar-refractivity contribution < 1.29 is 9.53 Å². The number of nitrogens with one attached hydrogen (secondary N) is 1. The Labute approximate surface area is 148 Å². The van der Waals surface area contributed by atoms with Gasteiger partial charge in [-0.1, -0.05) is 20.8 Å². The lowest BCUT2D eigenvalue weighted by Gasteiger charge is -2.60. The first-order valence-corrected chi connectivity index (χ1v) is 9.85. The second kappa shape index (κ2) is 7.00. The molecule has 2 amide bonds. The standard InChI is InChI=1S/C18H29N3O2S/c1-12(2)15-18(5-7-23-8-6-18)11-21(15)17(22)19-9-13(3)16-20-14(4)10-24-16/h10,12-13,15H,5-9,11H2,1-4H3,(H,19,22). The van der Waals surface area contributed by atoms with E-state index < -0.39 is 0 Å². The molecule has 1 aromatic heterocycles. The lowest BCUT2D eigenvalue weighted by atomic mass is 9.63. The largest absolute Gasteiger partial charge is 0.381 e. The number of urea groups is 1. The van der Waals surface area contributed by atoms with E-state index in [4.69, 9.17) is 4.74 Å². The fourth-order valence-corrected chi connectivity index (χ4v) is 5.13. The number of amides is 2. The van der Waals surface area contributed by atoms with Crippen molar-refractivity contribution in [2.45, 2.75) is 52.5 Å². The van der Waals surface area contributed by atoms with E-state index in [1.165, 1.54) is 0 Å². The highest BCUT2D eigenvalue weighted by molar-refractivity contribution is 7.09. The highest BCUT2D eigenvalue weighted by atomic mass is 32.1. The normalized spacial score (nSPS) is 24.0. The van der Waals surface area contributed by atoms with Crippen molar-refractivity contribution in [3.8, 4) is 0 Å². The van der Waals surface area contributed by atoms with E-state index in [1.807, 2.05) is 11.8 Å². The monoisotopic (exact) mass is 351 g/mol. The van der Waals surface area contributed by atoms with Gasteiger partial charge in [-0.2, -0.15) is 0 Å². The molecule has 0 radical (unpaired) electrons. The zero-order chi connectivity index (χ0) is 17.3. The molecule has 0 aliphatic carbocycles. The Kier molecular flexibility index (Phi) is 5.16. The fourth-order valence-electron chi connectivity index (χ4n) is 4.27. The van der Waals surface area contributed by atoms with Crippen LogP contribution in [0.5, 0.6) is 0 Å². The Balaban J connectivity index is 1.57. The molecule has 5 nitrogen and oxygen atoms in total. The molecule has 134 valence electrons. The summed E-state index contributed by atoms with van der Waals surface area (Å²) in [5.41, 5.74) is 1.33. The maximum Gasteiger partial charge on any atom is 0.317 e. The van der Waals surface area contributed by atoms with Crippen LogP contribution in [0.15, 0.2) is 5.38 Å². The van der Waals surface area contributed by atoms with Crippen LogP contribution in [0.3, 0.4) is 0 Å². The van der Waals surface area contributed by atoms with Gasteiger partial charge in [0.15, 0.2) is 0 Å². The molecule has 2 unspecified atom stereocenters. The van der Waals surface area contributed by atoms with E-state index >= 15 is 0 Å². The highest BCUT2D eigenvalue weighted by Gasteiger charge is 2.55. The number of aromatic nitrogens is 1. The molecule has 2 atom stereocenters. The fraction of sp³-hybridized carbons (Fsp3) is 0.778. The average molecular weight is 352 g/mol. The summed E-state index contributed by atoms with van der Waals surface area (Å²) in [6.45, 7) is 11.8. The number of ether oxygens (including phenoxy) is 1. The van der Waals surface area contributed by atoms with E-state index in [2.05, 4.69) is 36.5 Å². The van der Waals surface area contributed by atoms with Gasteiger partial charge in [-0.05, 0) is 25.7 Å². The van der Waals surface area contributed by atoms with Gasteiger partial charge < -0.3 is 15.0 Å². The van der Waals surface area contributed by atoms with Crippen LogP contribution in [0.1, 0.15) is 50.2 Å². The molecule has 2 aliphatic rings. The number of rotatable bonds is 4. The summed E-state index contributed by atoms with van der Waals surface area (Å²) in [7, 11) is 0. The maximum absolute atomic E-state index is 12.7. The summed E-state index contributed by atoms with van der Waals surface area (Å²) in [6, 6.07) is 0.407. The van der Waals surface area contributed by atoms with E-state index in [1.54, 1.807) is 11.3 Å². The minimum Gasteiger partial charge on any atom is -0.381 e. The predicted molar refractivity (Wildman–Crippen MR) is 96.5 cm³/mol. The molecule has 1 spiro atoms. The lowest BCUT2D eigenvalue weighted by Crippen LogP contribution is -2.71. The van der Waals surface area contributed by atoms with Crippen molar-refractivity contribution in [1.29, 1.82) is 0 Å². The van der Waals surface area contributed by atoms with Gasteiger partial charge >= 0.3 is 6.03 Å². The van der Waals surface area contributed by atoms with Crippen LogP contribution in [0.4, 0.5) is 4.79 Å². The molecule has 0 saturated carbocycles. The van der Waals surface area contributed by atoms with Crippen LogP contribution in [0.25, 0.3) is 0 Å². The van der Waals surface area contributed by atoms with Crippen LogP contribution in [-0.4, -0.2) is 48.3 Å². The first-order chi connectivity index (χ1) is 11.4. The molecule has 1 N–H and O–H groups in total. The van der Waals surface area contributed by atoms with Crippen molar-refractivity contribution in [2.75, 3.05) is 26.3 Å². The Hall–Kier alpha value is -1.14. The minimum atomic E-state index is 0.0749.